The lowest BCUT2D eigenvalue weighted by molar-refractivity contribution is -0.384. The summed E-state index contributed by atoms with van der Waals surface area (Å²) in [5.74, 6) is 0.0783. The highest BCUT2D eigenvalue weighted by Gasteiger charge is 2.15. The number of non-ortho nitro benzene ring substituents is 1. The molecule has 0 spiro atoms. The summed E-state index contributed by atoms with van der Waals surface area (Å²) < 4.78 is 7.28. The summed E-state index contributed by atoms with van der Waals surface area (Å²) in [7, 11) is 0. The van der Waals surface area contributed by atoms with Gasteiger partial charge >= 0.3 is 0 Å². The molecule has 1 amide bonds. The Bertz CT molecular complexity index is 1250. The fourth-order valence-electron chi connectivity index (χ4n) is 3.41. The zero-order chi connectivity index (χ0) is 23.3. The number of nitro benzene ring substituents is 1. The first-order valence-electron chi connectivity index (χ1n) is 9.93. The van der Waals surface area contributed by atoms with Crippen LogP contribution in [0.25, 0.3) is 11.8 Å². The lowest BCUT2D eigenvalue weighted by atomic mass is 10.1. The summed E-state index contributed by atoms with van der Waals surface area (Å²) in [6.45, 7) is 6.05. The van der Waals surface area contributed by atoms with Gasteiger partial charge in [-0.25, -0.2) is 0 Å². The van der Waals surface area contributed by atoms with E-state index in [1.54, 1.807) is 36.4 Å². The quantitative estimate of drug-likeness (QED) is 0.247. The molecule has 0 radical (unpaired) electrons. The molecule has 0 fully saturated rings. The number of carbonyl (C=O) groups is 1. The number of ether oxygens (including phenoxy) is 1. The highest BCUT2D eigenvalue weighted by molar-refractivity contribution is 6.09. The number of nitrogens with one attached hydrogen (secondary N) is 1. The van der Waals surface area contributed by atoms with Crippen LogP contribution in [0.2, 0.25) is 0 Å². The van der Waals surface area contributed by atoms with Crippen molar-refractivity contribution in [2.24, 2.45) is 0 Å². The van der Waals surface area contributed by atoms with Gasteiger partial charge in [-0.3, -0.25) is 14.9 Å². The summed E-state index contributed by atoms with van der Waals surface area (Å²) in [5.41, 5.74) is 3.31. The molecule has 8 heteroatoms. The Hall–Kier alpha value is -4.38. The van der Waals surface area contributed by atoms with Crippen LogP contribution in [0.3, 0.4) is 0 Å². The lowest BCUT2D eigenvalue weighted by Gasteiger charge is -2.09. The number of nitriles is 1. The van der Waals surface area contributed by atoms with E-state index in [1.165, 1.54) is 18.2 Å². The van der Waals surface area contributed by atoms with E-state index in [1.807, 2.05) is 37.5 Å². The second-order valence-corrected chi connectivity index (χ2v) is 7.02. The van der Waals surface area contributed by atoms with Crippen LogP contribution in [0.15, 0.2) is 60.2 Å². The van der Waals surface area contributed by atoms with Gasteiger partial charge in [-0.05, 0) is 56.7 Å². The molecule has 3 aromatic rings. The van der Waals surface area contributed by atoms with E-state index in [0.29, 0.717) is 29.3 Å². The molecule has 32 heavy (non-hydrogen) atoms. The van der Waals surface area contributed by atoms with Crippen molar-refractivity contribution in [3.63, 3.8) is 0 Å². The molecule has 1 N–H and O–H groups in total. The van der Waals surface area contributed by atoms with Crippen LogP contribution < -0.4 is 10.1 Å². The number of nitro groups is 1. The number of anilines is 1. The first-order valence-corrected chi connectivity index (χ1v) is 9.93. The largest absolute Gasteiger partial charge is 0.494 e. The van der Waals surface area contributed by atoms with E-state index >= 15 is 0 Å². The van der Waals surface area contributed by atoms with Crippen LogP contribution in [0.5, 0.6) is 5.75 Å². The van der Waals surface area contributed by atoms with Gasteiger partial charge in [0, 0.05) is 35.3 Å². The second-order valence-electron chi connectivity index (χ2n) is 7.02. The van der Waals surface area contributed by atoms with Crippen LogP contribution in [-0.2, 0) is 4.79 Å². The molecular formula is C24H22N4O4. The SMILES string of the molecule is CCOc1cccc(NC(=O)C(C#N)=Cc2cc(C)n(-c3cccc([N+](=O)[O-])c3)c2C)c1. The Morgan fingerprint density at radius 1 is 1.22 bits per heavy atom. The van der Waals surface area contributed by atoms with Crippen LogP contribution in [-0.4, -0.2) is 22.0 Å². The fraction of sp³-hybridized carbons (Fsp3) is 0.167. The third-order valence-electron chi connectivity index (χ3n) is 4.84. The highest BCUT2D eigenvalue weighted by atomic mass is 16.6. The summed E-state index contributed by atoms with van der Waals surface area (Å²) in [4.78, 5) is 23.4. The third kappa shape index (κ3) is 4.84. The fourth-order valence-corrected chi connectivity index (χ4v) is 3.41. The number of carbonyl (C=O) groups excluding carboxylic acids is 1. The van der Waals surface area contributed by atoms with E-state index in [2.05, 4.69) is 5.32 Å². The first kappa shape index (κ1) is 22.3. The van der Waals surface area contributed by atoms with E-state index < -0.39 is 10.8 Å². The van der Waals surface area contributed by atoms with Gasteiger partial charge in [0.25, 0.3) is 11.6 Å². The van der Waals surface area contributed by atoms with Crippen molar-refractivity contribution >= 4 is 23.4 Å². The van der Waals surface area contributed by atoms with Gasteiger partial charge in [-0.15, -0.1) is 0 Å². The van der Waals surface area contributed by atoms with E-state index in [9.17, 15) is 20.2 Å². The first-order chi connectivity index (χ1) is 15.3. The minimum atomic E-state index is -0.540. The Morgan fingerprint density at radius 2 is 1.97 bits per heavy atom. The van der Waals surface area contributed by atoms with Crippen LogP contribution in [0, 0.1) is 35.3 Å². The maximum Gasteiger partial charge on any atom is 0.271 e. The number of nitrogens with zero attached hydrogens (tertiary/aromatic N) is 3. The summed E-state index contributed by atoms with van der Waals surface area (Å²) in [6.07, 6.45) is 1.51. The maximum atomic E-state index is 12.7. The van der Waals surface area contributed by atoms with Gasteiger partial charge in [-0.1, -0.05) is 12.1 Å². The zero-order valence-electron chi connectivity index (χ0n) is 18.0. The van der Waals surface area contributed by atoms with Gasteiger partial charge in [0.2, 0.25) is 0 Å². The predicted octanol–water partition coefficient (Wildman–Crippen LogP) is 4.95. The molecule has 3 rings (SSSR count). The van der Waals surface area contributed by atoms with Gasteiger partial charge in [0.15, 0.2) is 0 Å². The van der Waals surface area contributed by atoms with Gasteiger partial charge in [-0.2, -0.15) is 5.26 Å². The molecule has 0 aliphatic carbocycles. The van der Waals surface area contributed by atoms with Gasteiger partial charge < -0.3 is 14.6 Å². The molecule has 0 aliphatic rings. The molecule has 0 aliphatic heterocycles. The Labute approximate surface area is 185 Å². The Morgan fingerprint density at radius 3 is 2.66 bits per heavy atom. The minimum Gasteiger partial charge on any atom is -0.494 e. The van der Waals surface area contributed by atoms with Crippen molar-refractivity contribution in [1.82, 2.24) is 4.57 Å². The number of aromatic nitrogens is 1. The van der Waals surface area contributed by atoms with E-state index in [-0.39, 0.29) is 11.3 Å². The summed E-state index contributed by atoms with van der Waals surface area (Å²) >= 11 is 0. The standard InChI is InChI=1S/C24H22N4O4/c1-4-32-23-10-5-7-20(13-23)26-24(29)19(15-25)12-18-11-16(2)27(17(18)3)21-8-6-9-22(14-21)28(30)31/h5-14H,4H2,1-3H3,(H,26,29). The molecule has 162 valence electrons. The number of amides is 1. The minimum absolute atomic E-state index is 0.0153. The molecule has 0 atom stereocenters. The molecule has 0 bridgehead atoms. The van der Waals surface area contributed by atoms with Crippen molar-refractivity contribution in [2.75, 3.05) is 11.9 Å². The smallest absolute Gasteiger partial charge is 0.271 e. The van der Waals surface area contributed by atoms with Crippen molar-refractivity contribution in [2.45, 2.75) is 20.8 Å². The van der Waals surface area contributed by atoms with Gasteiger partial charge in [0.05, 0.1) is 17.2 Å². The van der Waals surface area contributed by atoms with Crippen LogP contribution >= 0.6 is 0 Å². The summed E-state index contributed by atoms with van der Waals surface area (Å²) in [6, 6.07) is 17.0. The average molecular weight is 430 g/mol. The van der Waals surface area contributed by atoms with Crippen molar-refractivity contribution in [1.29, 1.82) is 5.26 Å². The number of benzene rings is 2. The van der Waals surface area contributed by atoms with Crippen molar-refractivity contribution in [3.05, 3.63) is 87.2 Å². The number of hydrogen-bond acceptors (Lipinski definition) is 5. The predicted molar refractivity (Wildman–Crippen MR) is 122 cm³/mol. The zero-order valence-corrected chi connectivity index (χ0v) is 18.0. The molecule has 0 saturated heterocycles. The Balaban J connectivity index is 1.91. The number of aryl methyl sites for hydroxylation is 1. The van der Waals surface area contributed by atoms with Crippen LogP contribution in [0.4, 0.5) is 11.4 Å². The molecular weight excluding hydrogens is 408 g/mol. The molecule has 0 saturated carbocycles. The number of rotatable bonds is 7. The second kappa shape index (κ2) is 9.62. The normalized spacial score (nSPS) is 11.0. The average Bonchev–Trinajstić information content (AvgIpc) is 3.05. The highest BCUT2D eigenvalue weighted by Crippen LogP contribution is 2.25. The third-order valence-corrected chi connectivity index (χ3v) is 4.84. The molecule has 1 heterocycles. The topological polar surface area (TPSA) is 110 Å². The molecule has 0 unspecified atom stereocenters. The molecule has 1 aromatic heterocycles. The van der Waals surface area contributed by atoms with E-state index in [4.69, 9.17) is 4.74 Å². The lowest BCUT2D eigenvalue weighted by Crippen LogP contribution is -2.13. The van der Waals surface area contributed by atoms with Crippen molar-refractivity contribution in [3.8, 4) is 17.5 Å². The van der Waals surface area contributed by atoms with Crippen LogP contribution in [0.1, 0.15) is 23.9 Å². The molecule has 8 nitrogen and oxygen atoms in total. The van der Waals surface area contributed by atoms with E-state index in [0.717, 1.165) is 11.4 Å². The maximum absolute atomic E-state index is 12.7. The monoisotopic (exact) mass is 430 g/mol. The molecule has 2 aromatic carbocycles. The van der Waals surface area contributed by atoms with Crippen molar-refractivity contribution < 1.29 is 14.5 Å². The Kier molecular flexibility index (Phi) is 6.71. The van der Waals surface area contributed by atoms with Gasteiger partial charge in [0.1, 0.15) is 17.4 Å². The summed E-state index contributed by atoms with van der Waals surface area (Å²) in [5, 5.41) is 23.4. The number of hydrogen-bond donors (Lipinski definition) is 1.